The van der Waals surface area contributed by atoms with Gasteiger partial charge < -0.3 is 10.6 Å². The fourth-order valence-electron chi connectivity index (χ4n) is 2.64. The number of nitrogens with one attached hydrogen (secondary N) is 2. The molecule has 2 aliphatic carbocycles. The maximum atomic E-state index is 4.78. The van der Waals surface area contributed by atoms with E-state index in [4.69, 9.17) is 4.98 Å². The van der Waals surface area contributed by atoms with Crippen molar-refractivity contribution in [3.05, 3.63) is 11.4 Å². The predicted octanol–water partition coefficient (Wildman–Crippen LogP) is 3.30. The molecule has 0 spiro atoms. The first-order chi connectivity index (χ1) is 9.01. The van der Waals surface area contributed by atoms with Crippen molar-refractivity contribution in [2.75, 3.05) is 17.7 Å². The summed E-state index contributed by atoms with van der Waals surface area (Å²) in [4.78, 5) is 9.42. The number of rotatable bonds is 5. The summed E-state index contributed by atoms with van der Waals surface area (Å²) in [7, 11) is 1.93. The minimum atomic E-state index is 0.130. The maximum absolute atomic E-state index is 4.78. The van der Waals surface area contributed by atoms with Crippen LogP contribution in [0, 0.1) is 12.8 Å². The fraction of sp³-hybridized carbons (Fsp3) is 0.733. The molecule has 19 heavy (non-hydrogen) atoms. The first-order valence-electron chi connectivity index (χ1n) is 7.35. The SMILES string of the molecule is CNc1nc(C2CC2)nc(NC(C)(C)C2CC2)c1C. The zero-order chi connectivity index (χ0) is 13.6. The summed E-state index contributed by atoms with van der Waals surface area (Å²) in [6.45, 7) is 6.65. The van der Waals surface area contributed by atoms with Gasteiger partial charge in [0, 0.05) is 24.1 Å². The molecule has 0 aliphatic heterocycles. The molecule has 1 heterocycles. The van der Waals surface area contributed by atoms with E-state index < -0.39 is 0 Å². The predicted molar refractivity (Wildman–Crippen MR) is 78.7 cm³/mol. The van der Waals surface area contributed by atoms with Crippen LogP contribution >= 0.6 is 0 Å². The molecule has 0 bridgehead atoms. The summed E-state index contributed by atoms with van der Waals surface area (Å²) in [6, 6.07) is 0. The molecule has 2 saturated carbocycles. The average molecular weight is 260 g/mol. The monoisotopic (exact) mass is 260 g/mol. The van der Waals surface area contributed by atoms with Crippen molar-refractivity contribution in [3.63, 3.8) is 0 Å². The smallest absolute Gasteiger partial charge is 0.136 e. The van der Waals surface area contributed by atoms with E-state index in [0.717, 1.165) is 28.9 Å². The van der Waals surface area contributed by atoms with Gasteiger partial charge in [-0.05, 0) is 52.4 Å². The normalized spacial score (nSPS) is 19.4. The summed E-state index contributed by atoms with van der Waals surface area (Å²) >= 11 is 0. The van der Waals surface area contributed by atoms with Crippen molar-refractivity contribution >= 4 is 11.6 Å². The average Bonchev–Trinajstić information content (AvgIpc) is 3.21. The van der Waals surface area contributed by atoms with Crippen LogP contribution in [-0.4, -0.2) is 22.6 Å². The van der Waals surface area contributed by atoms with E-state index in [1.807, 2.05) is 7.05 Å². The molecule has 0 aromatic carbocycles. The molecule has 2 fully saturated rings. The van der Waals surface area contributed by atoms with Gasteiger partial charge in [0.2, 0.25) is 0 Å². The van der Waals surface area contributed by atoms with E-state index in [2.05, 4.69) is 36.4 Å². The topological polar surface area (TPSA) is 49.8 Å². The lowest BCUT2D eigenvalue weighted by atomic mass is 9.98. The Morgan fingerprint density at radius 3 is 2.21 bits per heavy atom. The van der Waals surface area contributed by atoms with Crippen molar-refractivity contribution in [1.29, 1.82) is 0 Å². The lowest BCUT2D eigenvalue weighted by Gasteiger charge is -2.28. The molecule has 0 saturated heterocycles. The summed E-state index contributed by atoms with van der Waals surface area (Å²) in [6.07, 6.45) is 5.13. The number of hydrogen-bond acceptors (Lipinski definition) is 4. The van der Waals surface area contributed by atoms with Crippen molar-refractivity contribution < 1.29 is 0 Å². The Kier molecular flexibility index (Phi) is 2.91. The summed E-state index contributed by atoms with van der Waals surface area (Å²) in [5, 5.41) is 6.85. The van der Waals surface area contributed by atoms with E-state index in [-0.39, 0.29) is 5.54 Å². The Morgan fingerprint density at radius 2 is 1.68 bits per heavy atom. The van der Waals surface area contributed by atoms with Crippen LogP contribution in [0.25, 0.3) is 0 Å². The molecule has 0 amide bonds. The van der Waals surface area contributed by atoms with E-state index >= 15 is 0 Å². The fourth-order valence-corrected chi connectivity index (χ4v) is 2.64. The third-order valence-electron chi connectivity index (χ3n) is 4.38. The Hall–Kier alpha value is -1.32. The molecule has 4 heteroatoms. The standard InChI is InChI=1S/C15H24N4/c1-9-12(16-4)17-14(10-5-6-10)18-13(9)19-15(2,3)11-7-8-11/h10-11H,5-8H2,1-4H3,(H2,16,17,18,19). The zero-order valence-electron chi connectivity index (χ0n) is 12.4. The minimum Gasteiger partial charge on any atom is -0.373 e. The highest BCUT2D eigenvalue weighted by Crippen LogP contribution is 2.43. The van der Waals surface area contributed by atoms with Crippen LogP contribution in [0.2, 0.25) is 0 Å². The van der Waals surface area contributed by atoms with E-state index in [1.54, 1.807) is 0 Å². The van der Waals surface area contributed by atoms with Gasteiger partial charge in [-0.1, -0.05) is 0 Å². The summed E-state index contributed by atoms with van der Waals surface area (Å²) < 4.78 is 0. The largest absolute Gasteiger partial charge is 0.373 e. The van der Waals surface area contributed by atoms with E-state index in [1.165, 1.54) is 25.7 Å². The molecule has 1 aromatic rings. The number of aromatic nitrogens is 2. The van der Waals surface area contributed by atoms with Gasteiger partial charge in [-0.3, -0.25) is 0 Å². The molecule has 3 rings (SSSR count). The second-order valence-corrected chi connectivity index (χ2v) is 6.55. The first kappa shape index (κ1) is 12.7. The van der Waals surface area contributed by atoms with Crippen LogP contribution < -0.4 is 10.6 Å². The van der Waals surface area contributed by atoms with Gasteiger partial charge in [0.1, 0.15) is 17.5 Å². The van der Waals surface area contributed by atoms with E-state index in [0.29, 0.717) is 5.92 Å². The van der Waals surface area contributed by atoms with E-state index in [9.17, 15) is 0 Å². The highest BCUT2D eigenvalue weighted by molar-refractivity contribution is 5.58. The van der Waals surface area contributed by atoms with Crippen molar-refractivity contribution in [2.24, 2.45) is 5.92 Å². The summed E-state index contributed by atoms with van der Waals surface area (Å²) in [5.41, 5.74) is 1.26. The second kappa shape index (κ2) is 4.36. The molecule has 0 radical (unpaired) electrons. The van der Waals surface area contributed by atoms with Crippen LogP contribution in [-0.2, 0) is 0 Å². The molecule has 1 aromatic heterocycles. The third-order valence-corrected chi connectivity index (χ3v) is 4.38. The third kappa shape index (κ3) is 2.53. The van der Waals surface area contributed by atoms with Crippen LogP contribution in [0.4, 0.5) is 11.6 Å². The molecule has 4 nitrogen and oxygen atoms in total. The highest BCUT2D eigenvalue weighted by Gasteiger charge is 2.38. The highest BCUT2D eigenvalue weighted by atomic mass is 15.1. The van der Waals surface area contributed by atoms with Gasteiger partial charge in [0.05, 0.1) is 0 Å². The van der Waals surface area contributed by atoms with Gasteiger partial charge in [-0.15, -0.1) is 0 Å². The Balaban J connectivity index is 1.91. The lowest BCUT2D eigenvalue weighted by Crippen LogP contribution is -2.34. The molecule has 104 valence electrons. The Morgan fingerprint density at radius 1 is 1.05 bits per heavy atom. The van der Waals surface area contributed by atoms with Crippen LogP contribution in [0.15, 0.2) is 0 Å². The Bertz CT molecular complexity index is 487. The molecular weight excluding hydrogens is 236 g/mol. The molecule has 2 N–H and O–H groups in total. The molecular formula is C15H24N4. The van der Waals surface area contributed by atoms with Gasteiger partial charge in [-0.25, -0.2) is 9.97 Å². The molecule has 2 aliphatic rings. The van der Waals surface area contributed by atoms with Gasteiger partial charge in [-0.2, -0.15) is 0 Å². The van der Waals surface area contributed by atoms with Gasteiger partial charge in [0.15, 0.2) is 0 Å². The van der Waals surface area contributed by atoms with Crippen molar-refractivity contribution in [2.45, 2.75) is 57.9 Å². The lowest BCUT2D eigenvalue weighted by molar-refractivity contribution is 0.491. The zero-order valence-corrected chi connectivity index (χ0v) is 12.4. The molecule has 0 unspecified atom stereocenters. The van der Waals surface area contributed by atoms with Crippen molar-refractivity contribution in [1.82, 2.24) is 9.97 Å². The molecule has 0 atom stereocenters. The number of hydrogen-bond donors (Lipinski definition) is 2. The Labute approximate surface area is 115 Å². The second-order valence-electron chi connectivity index (χ2n) is 6.55. The number of anilines is 2. The number of nitrogens with zero attached hydrogens (tertiary/aromatic N) is 2. The van der Waals surface area contributed by atoms with Crippen LogP contribution in [0.3, 0.4) is 0 Å². The summed E-state index contributed by atoms with van der Waals surface area (Å²) in [5.74, 6) is 4.34. The van der Waals surface area contributed by atoms with Crippen LogP contribution in [0.5, 0.6) is 0 Å². The quantitative estimate of drug-likeness (QED) is 0.853. The maximum Gasteiger partial charge on any atom is 0.136 e. The first-order valence-corrected chi connectivity index (χ1v) is 7.35. The van der Waals surface area contributed by atoms with Gasteiger partial charge in [0.25, 0.3) is 0 Å². The van der Waals surface area contributed by atoms with Crippen LogP contribution in [0.1, 0.15) is 56.8 Å². The van der Waals surface area contributed by atoms with Crippen molar-refractivity contribution in [3.8, 4) is 0 Å². The minimum absolute atomic E-state index is 0.130. The van der Waals surface area contributed by atoms with Gasteiger partial charge >= 0.3 is 0 Å².